The molecule has 3 saturated carbocycles. The largest absolute Gasteiger partial charge is 0.353 e. The van der Waals surface area contributed by atoms with E-state index in [4.69, 9.17) is 0 Å². The Balaban J connectivity index is 1.55. The van der Waals surface area contributed by atoms with Crippen molar-refractivity contribution in [2.45, 2.75) is 91.1 Å². The Labute approximate surface area is 163 Å². The van der Waals surface area contributed by atoms with Gasteiger partial charge in [0, 0.05) is 25.9 Å². The van der Waals surface area contributed by atoms with Crippen LogP contribution in [-0.4, -0.2) is 23.9 Å². The third kappa shape index (κ3) is 3.03. The molecule has 0 aromatic heterocycles. The van der Waals surface area contributed by atoms with Crippen molar-refractivity contribution in [1.82, 2.24) is 10.6 Å². The van der Waals surface area contributed by atoms with Crippen LogP contribution in [0.4, 0.5) is 0 Å². The quantitative estimate of drug-likeness (QED) is 0.721. The zero-order valence-corrected chi connectivity index (χ0v) is 17.4. The molecule has 4 aliphatic rings. The van der Waals surface area contributed by atoms with Gasteiger partial charge in [0.15, 0.2) is 0 Å². The monoisotopic (exact) mass is 372 g/mol. The summed E-state index contributed by atoms with van der Waals surface area (Å²) in [6.45, 7) is 8.23. The van der Waals surface area contributed by atoms with E-state index in [-0.39, 0.29) is 17.2 Å². The number of fused-ring (bicyclic) bond motifs is 5. The van der Waals surface area contributed by atoms with Crippen molar-refractivity contribution >= 4 is 11.8 Å². The number of nitrogens with one attached hydrogen (secondary N) is 2. The molecule has 2 N–H and O–H groups in total. The Morgan fingerprint density at radius 2 is 1.70 bits per heavy atom. The van der Waals surface area contributed by atoms with Crippen molar-refractivity contribution in [3.8, 4) is 0 Å². The number of hydrogen-bond acceptors (Lipinski definition) is 2. The molecule has 4 nitrogen and oxygen atoms in total. The van der Waals surface area contributed by atoms with E-state index in [9.17, 15) is 9.59 Å². The maximum atomic E-state index is 11.7. The molecule has 0 aromatic rings. The first-order chi connectivity index (χ1) is 12.7. The summed E-state index contributed by atoms with van der Waals surface area (Å²) in [5, 5.41) is 6.42. The zero-order valence-electron chi connectivity index (χ0n) is 17.4. The van der Waals surface area contributed by atoms with Crippen LogP contribution in [0.3, 0.4) is 0 Å². The third-order valence-electron chi connectivity index (χ3n) is 8.89. The lowest BCUT2D eigenvalue weighted by Gasteiger charge is -2.58. The van der Waals surface area contributed by atoms with Gasteiger partial charge in [-0.25, -0.2) is 0 Å². The Bertz CT molecular complexity index is 671. The molecule has 0 aromatic carbocycles. The van der Waals surface area contributed by atoms with E-state index in [2.05, 4.69) is 30.6 Å². The number of carbonyl (C=O) groups is 2. The normalized spacial score (nSPS) is 45.8. The van der Waals surface area contributed by atoms with Crippen molar-refractivity contribution in [3.63, 3.8) is 0 Å². The summed E-state index contributed by atoms with van der Waals surface area (Å²) in [6.07, 6.45) is 12.0. The van der Waals surface area contributed by atoms with E-state index in [1.165, 1.54) is 32.1 Å². The second-order valence-corrected chi connectivity index (χ2v) is 10.3. The van der Waals surface area contributed by atoms with E-state index in [1.54, 1.807) is 19.4 Å². The fraction of sp³-hybridized carbons (Fsp3) is 0.826. The summed E-state index contributed by atoms with van der Waals surface area (Å²) in [5.41, 5.74) is 2.18. The lowest BCUT2D eigenvalue weighted by molar-refractivity contribution is -0.121. The highest BCUT2D eigenvalue weighted by Crippen LogP contribution is 2.64. The SMILES string of the molecule is CC(=O)N[C@@H]1CC[C@@]2(C)C(=CCC3C2CC[C@@]2(C)C3CC[C@@H]2NC(C)=O)C1. The van der Waals surface area contributed by atoms with Crippen LogP contribution >= 0.6 is 0 Å². The molecule has 0 aliphatic heterocycles. The van der Waals surface area contributed by atoms with Crippen molar-refractivity contribution in [2.24, 2.45) is 28.6 Å². The van der Waals surface area contributed by atoms with Gasteiger partial charge in [0.05, 0.1) is 0 Å². The van der Waals surface area contributed by atoms with Crippen LogP contribution in [-0.2, 0) is 9.59 Å². The highest BCUT2D eigenvalue weighted by molar-refractivity contribution is 5.73. The number of carbonyl (C=O) groups excluding carboxylic acids is 2. The van der Waals surface area contributed by atoms with Gasteiger partial charge in [-0.05, 0) is 80.0 Å². The molecule has 2 amide bonds. The summed E-state index contributed by atoms with van der Waals surface area (Å²) in [4.78, 5) is 23.2. The molecule has 27 heavy (non-hydrogen) atoms. The molecule has 0 spiro atoms. The molecule has 3 unspecified atom stereocenters. The molecule has 0 saturated heterocycles. The highest BCUT2D eigenvalue weighted by atomic mass is 16.2. The van der Waals surface area contributed by atoms with E-state index in [1.807, 2.05) is 0 Å². The lowest BCUT2D eigenvalue weighted by Crippen LogP contribution is -2.54. The molecule has 4 aliphatic carbocycles. The number of rotatable bonds is 2. The summed E-state index contributed by atoms with van der Waals surface area (Å²) >= 11 is 0. The standard InChI is InChI=1S/C23H36N2O2/c1-14(26)24-17-9-11-22(3)16(13-17)5-6-18-19-7-8-21(25-15(2)27)23(19,4)12-10-20(18)22/h5,17-21H,6-13H2,1-4H3,(H,24,26)(H,25,27)/t17-,18?,19?,20?,21+,22+,23+/m1/s1. The molecular weight excluding hydrogens is 336 g/mol. The average molecular weight is 373 g/mol. The van der Waals surface area contributed by atoms with Gasteiger partial charge in [0.1, 0.15) is 0 Å². The molecule has 0 bridgehead atoms. The maximum Gasteiger partial charge on any atom is 0.217 e. The van der Waals surface area contributed by atoms with Crippen LogP contribution in [0.1, 0.15) is 79.1 Å². The topological polar surface area (TPSA) is 58.2 Å². The van der Waals surface area contributed by atoms with Gasteiger partial charge in [-0.15, -0.1) is 0 Å². The van der Waals surface area contributed by atoms with Crippen LogP contribution in [0, 0.1) is 28.6 Å². The van der Waals surface area contributed by atoms with Crippen molar-refractivity contribution < 1.29 is 9.59 Å². The van der Waals surface area contributed by atoms with Crippen LogP contribution in [0.15, 0.2) is 11.6 Å². The predicted octanol–water partition coefficient (Wildman–Crippen LogP) is 3.96. The summed E-state index contributed by atoms with van der Waals surface area (Å²) in [6, 6.07) is 0.678. The maximum absolute atomic E-state index is 11.7. The Morgan fingerprint density at radius 1 is 0.963 bits per heavy atom. The summed E-state index contributed by atoms with van der Waals surface area (Å²) in [7, 11) is 0. The van der Waals surface area contributed by atoms with E-state index in [0.717, 1.165) is 37.0 Å². The second-order valence-electron chi connectivity index (χ2n) is 10.3. The minimum Gasteiger partial charge on any atom is -0.353 e. The zero-order chi connectivity index (χ0) is 19.4. The van der Waals surface area contributed by atoms with E-state index < -0.39 is 0 Å². The fourth-order valence-electron chi connectivity index (χ4n) is 7.55. The smallest absolute Gasteiger partial charge is 0.217 e. The van der Waals surface area contributed by atoms with Crippen LogP contribution in [0.25, 0.3) is 0 Å². The first-order valence-electron chi connectivity index (χ1n) is 11.0. The van der Waals surface area contributed by atoms with E-state index >= 15 is 0 Å². The van der Waals surface area contributed by atoms with Gasteiger partial charge < -0.3 is 10.6 Å². The average Bonchev–Trinajstić information content (AvgIpc) is 2.91. The van der Waals surface area contributed by atoms with Crippen LogP contribution < -0.4 is 10.6 Å². The van der Waals surface area contributed by atoms with Gasteiger partial charge >= 0.3 is 0 Å². The molecule has 4 heteroatoms. The second kappa shape index (κ2) is 6.63. The minimum absolute atomic E-state index is 0.0984. The van der Waals surface area contributed by atoms with Gasteiger partial charge in [0.2, 0.25) is 11.8 Å². The van der Waals surface area contributed by atoms with E-state index in [0.29, 0.717) is 17.5 Å². The summed E-state index contributed by atoms with van der Waals surface area (Å²) < 4.78 is 0. The number of allylic oxidation sites excluding steroid dienone is 1. The Hall–Kier alpha value is -1.32. The molecule has 7 atom stereocenters. The minimum atomic E-state index is 0.0984. The number of amides is 2. The first-order valence-corrected chi connectivity index (χ1v) is 11.0. The Kier molecular flexibility index (Phi) is 4.67. The molecule has 4 rings (SSSR count). The molecule has 3 fully saturated rings. The molecule has 0 radical (unpaired) electrons. The van der Waals surface area contributed by atoms with Crippen molar-refractivity contribution in [2.75, 3.05) is 0 Å². The molecular formula is C23H36N2O2. The van der Waals surface area contributed by atoms with Gasteiger partial charge in [-0.3, -0.25) is 9.59 Å². The predicted molar refractivity (Wildman–Crippen MR) is 107 cm³/mol. The van der Waals surface area contributed by atoms with Crippen LogP contribution in [0.5, 0.6) is 0 Å². The Morgan fingerprint density at radius 3 is 2.41 bits per heavy atom. The molecule has 150 valence electrons. The van der Waals surface area contributed by atoms with Crippen LogP contribution in [0.2, 0.25) is 0 Å². The summed E-state index contributed by atoms with van der Waals surface area (Å²) in [5.74, 6) is 2.48. The first kappa shape index (κ1) is 19.0. The van der Waals surface area contributed by atoms with Crippen molar-refractivity contribution in [3.05, 3.63) is 11.6 Å². The van der Waals surface area contributed by atoms with Gasteiger partial charge in [-0.1, -0.05) is 25.5 Å². The highest BCUT2D eigenvalue weighted by Gasteiger charge is 2.58. The van der Waals surface area contributed by atoms with Gasteiger partial charge in [0.25, 0.3) is 0 Å². The van der Waals surface area contributed by atoms with Gasteiger partial charge in [-0.2, -0.15) is 0 Å². The van der Waals surface area contributed by atoms with Crippen molar-refractivity contribution in [1.29, 1.82) is 0 Å². The lowest BCUT2D eigenvalue weighted by atomic mass is 9.47. The third-order valence-corrected chi connectivity index (χ3v) is 8.89. The number of hydrogen-bond donors (Lipinski definition) is 2. The fourth-order valence-corrected chi connectivity index (χ4v) is 7.55. The molecule has 0 heterocycles.